The number of aryl methyl sites for hydroxylation is 1. The van der Waals surface area contributed by atoms with Crippen molar-refractivity contribution < 1.29 is 14.6 Å². The summed E-state index contributed by atoms with van der Waals surface area (Å²) < 4.78 is 7.17. The number of methoxy groups -OCH3 is 1. The van der Waals surface area contributed by atoms with Gasteiger partial charge in [0.15, 0.2) is 0 Å². The van der Waals surface area contributed by atoms with Gasteiger partial charge in [0.25, 0.3) is 0 Å². The van der Waals surface area contributed by atoms with Crippen LogP contribution in [0.4, 0.5) is 0 Å². The number of ether oxygens (including phenoxy) is 1. The molecule has 0 aliphatic heterocycles. The standard InChI is InChI=1S/C19H21N3O3/c1-12(13-8-9-17(25-3)14(10-13)19(23)24)20-11-18-21-15-6-4-5-7-16(15)22(18)2/h4-10,12,20H,11H2,1-3H3,(H,23,24)/t12-/m0/s1. The highest BCUT2D eigenvalue weighted by molar-refractivity contribution is 5.91. The van der Waals surface area contributed by atoms with Crippen molar-refractivity contribution in [3.05, 3.63) is 59.4 Å². The summed E-state index contributed by atoms with van der Waals surface area (Å²) >= 11 is 0. The van der Waals surface area contributed by atoms with Gasteiger partial charge in [0.1, 0.15) is 17.1 Å². The lowest BCUT2D eigenvalue weighted by atomic mass is 10.0. The fourth-order valence-corrected chi connectivity index (χ4v) is 2.88. The first-order valence-electron chi connectivity index (χ1n) is 8.06. The van der Waals surface area contributed by atoms with Crippen molar-refractivity contribution in [1.82, 2.24) is 14.9 Å². The fraction of sp³-hybridized carbons (Fsp3) is 0.263. The Morgan fingerprint density at radius 3 is 2.76 bits per heavy atom. The zero-order valence-electron chi connectivity index (χ0n) is 14.5. The highest BCUT2D eigenvalue weighted by atomic mass is 16.5. The quantitative estimate of drug-likeness (QED) is 0.721. The van der Waals surface area contributed by atoms with Gasteiger partial charge in [-0.25, -0.2) is 9.78 Å². The van der Waals surface area contributed by atoms with E-state index in [1.165, 1.54) is 7.11 Å². The number of para-hydroxylation sites is 2. The Bertz CT molecular complexity index is 917. The number of nitrogens with zero attached hydrogens (tertiary/aromatic N) is 2. The first kappa shape index (κ1) is 17.0. The van der Waals surface area contributed by atoms with E-state index in [1.54, 1.807) is 12.1 Å². The van der Waals surface area contributed by atoms with Gasteiger partial charge in [-0.1, -0.05) is 18.2 Å². The van der Waals surface area contributed by atoms with Gasteiger partial charge in [0.2, 0.25) is 0 Å². The predicted octanol–water partition coefficient (Wildman–Crippen LogP) is 3.13. The number of carboxylic acids is 1. The van der Waals surface area contributed by atoms with Crippen molar-refractivity contribution in [1.29, 1.82) is 0 Å². The molecule has 6 heteroatoms. The maximum atomic E-state index is 11.4. The maximum Gasteiger partial charge on any atom is 0.339 e. The van der Waals surface area contributed by atoms with Crippen molar-refractivity contribution in [2.24, 2.45) is 7.05 Å². The summed E-state index contributed by atoms with van der Waals surface area (Å²) in [6.07, 6.45) is 0. The van der Waals surface area contributed by atoms with E-state index in [-0.39, 0.29) is 11.6 Å². The van der Waals surface area contributed by atoms with Crippen molar-refractivity contribution in [2.45, 2.75) is 19.5 Å². The third-order valence-corrected chi connectivity index (χ3v) is 4.40. The van der Waals surface area contributed by atoms with Gasteiger partial charge in [0, 0.05) is 13.1 Å². The minimum Gasteiger partial charge on any atom is -0.496 e. The third kappa shape index (κ3) is 3.34. The second kappa shape index (κ2) is 6.94. The second-order valence-electron chi connectivity index (χ2n) is 5.94. The van der Waals surface area contributed by atoms with Gasteiger partial charge in [0.05, 0.1) is 24.7 Å². The summed E-state index contributed by atoms with van der Waals surface area (Å²) in [6.45, 7) is 2.58. The van der Waals surface area contributed by atoms with Crippen molar-refractivity contribution in [3.63, 3.8) is 0 Å². The molecule has 1 heterocycles. The number of fused-ring (bicyclic) bond motifs is 1. The van der Waals surface area contributed by atoms with E-state index >= 15 is 0 Å². The fourth-order valence-electron chi connectivity index (χ4n) is 2.88. The molecule has 2 aromatic carbocycles. The van der Waals surface area contributed by atoms with E-state index in [9.17, 15) is 9.90 Å². The first-order chi connectivity index (χ1) is 12.0. The molecule has 1 aromatic heterocycles. The van der Waals surface area contributed by atoms with Gasteiger partial charge < -0.3 is 19.7 Å². The molecule has 0 aliphatic carbocycles. The number of benzene rings is 2. The number of imidazole rings is 1. The summed E-state index contributed by atoms with van der Waals surface area (Å²) in [5.41, 5.74) is 3.10. The zero-order chi connectivity index (χ0) is 18.0. The number of hydrogen-bond acceptors (Lipinski definition) is 4. The zero-order valence-corrected chi connectivity index (χ0v) is 14.5. The Hall–Kier alpha value is -2.86. The molecule has 0 saturated heterocycles. The van der Waals surface area contributed by atoms with Crippen LogP contribution < -0.4 is 10.1 Å². The topological polar surface area (TPSA) is 76.4 Å². The van der Waals surface area contributed by atoms with Gasteiger partial charge in [-0.2, -0.15) is 0 Å². The van der Waals surface area contributed by atoms with E-state index in [0.717, 1.165) is 22.4 Å². The van der Waals surface area contributed by atoms with Crippen LogP contribution in [0.15, 0.2) is 42.5 Å². The summed E-state index contributed by atoms with van der Waals surface area (Å²) in [7, 11) is 3.46. The Kier molecular flexibility index (Phi) is 4.72. The lowest BCUT2D eigenvalue weighted by molar-refractivity contribution is 0.0693. The van der Waals surface area contributed by atoms with E-state index in [1.807, 2.05) is 44.3 Å². The minimum atomic E-state index is -0.999. The number of rotatable bonds is 6. The van der Waals surface area contributed by atoms with Crippen molar-refractivity contribution in [2.75, 3.05) is 7.11 Å². The normalized spacial score (nSPS) is 12.3. The highest BCUT2D eigenvalue weighted by Crippen LogP contribution is 2.24. The van der Waals surface area contributed by atoms with E-state index in [0.29, 0.717) is 12.3 Å². The largest absolute Gasteiger partial charge is 0.496 e. The summed E-state index contributed by atoms with van der Waals surface area (Å²) in [5.74, 6) is 0.292. The van der Waals surface area contributed by atoms with E-state index in [4.69, 9.17) is 4.74 Å². The lowest BCUT2D eigenvalue weighted by Crippen LogP contribution is -2.20. The number of nitrogens with one attached hydrogen (secondary N) is 1. The molecule has 0 bridgehead atoms. The second-order valence-corrected chi connectivity index (χ2v) is 5.94. The molecule has 0 fully saturated rings. The molecule has 0 saturated carbocycles. The van der Waals surface area contributed by atoms with Gasteiger partial charge >= 0.3 is 5.97 Å². The van der Waals surface area contributed by atoms with Gasteiger partial charge in [-0.05, 0) is 36.8 Å². The Morgan fingerprint density at radius 1 is 1.32 bits per heavy atom. The van der Waals surface area contributed by atoms with Crippen LogP contribution in [0.25, 0.3) is 11.0 Å². The minimum absolute atomic E-state index is 0.0242. The molecular formula is C19H21N3O3. The molecule has 3 aromatic rings. The molecule has 0 unspecified atom stereocenters. The smallest absolute Gasteiger partial charge is 0.339 e. The van der Waals surface area contributed by atoms with Crippen LogP contribution >= 0.6 is 0 Å². The van der Waals surface area contributed by atoms with Crippen LogP contribution in [0.3, 0.4) is 0 Å². The average molecular weight is 339 g/mol. The summed E-state index contributed by atoms with van der Waals surface area (Å²) in [4.78, 5) is 16.0. The average Bonchev–Trinajstić information content (AvgIpc) is 2.95. The molecule has 1 atom stereocenters. The summed E-state index contributed by atoms with van der Waals surface area (Å²) in [5, 5.41) is 12.7. The molecule has 3 rings (SSSR count). The Morgan fingerprint density at radius 2 is 2.08 bits per heavy atom. The monoisotopic (exact) mass is 339 g/mol. The van der Waals surface area contributed by atoms with E-state index < -0.39 is 5.97 Å². The van der Waals surface area contributed by atoms with Crippen LogP contribution in [0, 0.1) is 0 Å². The Balaban J connectivity index is 1.78. The molecular weight excluding hydrogens is 318 g/mol. The van der Waals surface area contributed by atoms with Crippen molar-refractivity contribution in [3.8, 4) is 5.75 Å². The van der Waals surface area contributed by atoms with Crippen LogP contribution in [0.5, 0.6) is 5.75 Å². The molecule has 0 radical (unpaired) electrons. The molecule has 25 heavy (non-hydrogen) atoms. The molecule has 0 amide bonds. The predicted molar refractivity (Wildman–Crippen MR) is 95.9 cm³/mol. The molecule has 0 aliphatic rings. The van der Waals surface area contributed by atoms with Gasteiger partial charge in [-0.3, -0.25) is 0 Å². The lowest BCUT2D eigenvalue weighted by Gasteiger charge is -2.16. The van der Waals surface area contributed by atoms with Crippen LogP contribution in [0.2, 0.25) is 0 Å². The Labute approximate surface area is 146 Å². The summed E-state index contributed by atoms with van der Waals surface area (Å²) in [6, 6.07) is 13.2. The first-order valence-corrected chi connectivity index (χ1v) is 8.06. The number of carbonyl (C=O) groups is 1. The van der Waals surface area contributed by atoms with E-state index in [2.05, 4.69) is 14.9 Å². The molecule has 0 spiro atoms. The van der Waals surface area contributed by atoms with Crippen molar-refractivity contribution >= 4 is 17.0 Å². The molecule has 130 valence electrons. The number of aromatic carboxylic acids is 1. The van der Waals surface area contributed by atoms with Crippen LogP contribution in [-0.2, 0) is 13.6 Å². The number of carboxylic acid groups (broad SMARTS) is 1. The molecule has 6 nitrogen and oxygen atoms in total. The maximum absolute atomic E-state index is 11.4. The van der Waals surface area contributed by atoms with Gasteiger partial charge in [-0.15, -0.1) is 0 Å². The SMILES string of the molecule is COc1ccc([C@H](C)NCc2nc3ccccc3n2C)cc1C(=O)O. The number of aromatic nitrogens is 2. The number of hydrogen-bond donors (Lipinski definition) is 2. The third-order valence-electron chi connectivity index (χ3n) is 4.40. The van der Waals surface area contributed by atoms with Crippen LogP contribution in [-0.4, -0.2) is 27.7 Å². The van der Waals surface area contributed by atoms with Crippen LogP contribution in [0.1, 0.15) is 34.7 Å². The molecule has 2 N–H and O–H groups in total. The highest BCUT2D eigenvalue weighted by Gasteiger charge is 2.15.